The standard InChI is InChI=1S/C25H27FN2O3S/c1-19-5-9-21(10-6-19)25(30)27(13-14-31-2)18-24(29)28(17-23-4-3-15-32-23)16-20-7-11-22(26)12-8-20/h3-12,15H,13-14,16-18H2,1-2H3. The monoisotopic (exact) mass is 454 g/mol. The van der Waals surface area contributed by atoms with Crippen LogP contribution in [0.5, 0.6) is 0 Å². The van der Waals surface area contributed by atoms with Crippen molar-refractivity contribution in [1.82, 2.24) is 9.80 Å². The number of benzene rings is 2. The lowest BCUT2D eigenvalue weighted by Gasteiger charge is -2.27. The van der Waals surface area contributed by atoms with Gasteiger partial charge in [-0.3, -0.25) is 9.59 Å². The third-order valence-corrected chi connectivity index (χ3v) is 5.90. The van der Waals surface area contributed by atoms with Gasteiger partial charge < -0.3 is 14.5 Å². The summed E-state index contributed by atoms with van der Waals surface area (Å²) in [6.45, 7) is 3.27. The number of hydrogen-bond donors (Lipinski definition) is 0. The first-order chi connectivity index (χ1) is 15.5. The SMILES string of the molecule is COCCN(CC(=O)N(Cc1ccc(F)cc1)Cc1cccs1)C(=O)c1ccc(C)cc1. The van der Waals surface area contributed by atoms with Crippen molar-refractivity contribution < 1.29 is 18.7 Å². The van der Waals surface area contributed by atoms with Gasteiger partial charge in [-0.15, -0.1) is 11.3 Å². The van der Waals surface area contributed by atoms with Crippen LogP contribution in [0.4, 0.5) is 4.39 Å². The van der Waals surface area contributed by atoms with Crippen LogP contribution in [0.3, 0.4) is 0 Å². The highest BCUT2D eigenvalue weighted by Gasteiger charge is 2.23. The van der Waals surface area contributed by atoms with E-state index in [0.29, 0.717) is 31.8 Å². The second-order valence-electron chi connectivity index (χ2n) is 7.54. The van der Waals surface area contributed by atoms with E-state index in [1.807, 2.05) is 36.6 Å². The Morgan fingerprint density at radius 1 is 0.969 bits per heavy atom. The van der Waals surface area contributed by atoms with Crippen molar-refractivity contribution in [1.29, 1.82) is 0 Å². The average molecular weight is 455 g/mol. The molecule has 2 amide bonds. The molecule has 2 aromatic carbocycles. The van der Waals surface area contributed by atoms with Gasteiger partial charge in [-0.2, -0.15) is 0 Å². The first kappa shape index (κ1) is 23.6. The predicted octanol–water partition coefficient (Wildman–Crippen LogP) is 4.51. The predicted molar refractivity (Wildman–Crippen MR) is 124 cm³/mol. The third kappa shape index (κ3) is 6.73. The molecule has 0 spiro atoms. The van der Waals surface area contributed by atoms with E-state index in [1.165, 1.54) is 17.0 Å². The maximum absolute atomic E-state index is 13.3. The summed E-state index contributed by atoms with van der Waals surface area (Å²) >= 11 is 1.56. The number of nitrogens with zero attached hydrogens (tertiary/aromatic N) is 2. The number of rotatable bonds is 10. The van der Waals surface area contributed by atoms with Gasteiger partial charge in [0, 0.05) is 30.6 Å². The fourth-order valence-corrected chi connectivity index (χ4v) is 3.95. The van der Waals surface area contributed by atoms with Gasteiger partial charge in [-0.25, -0.2) is 4.39 Å². The van der Waals surface area contributed by atoms with Crippen LogP contribution in [0.15, 0.2) is 66.0 Å². The molecule has 0 N–H and O–H groups in total. The second-order valence-corrected chi connectivity index (χ2v) is 8.57. The van der Waals surface area contributed by atoms with Gasteiger partial charge in [0.1, 0.15) is 12.4 Å². The van der Waals surface area contributed by atoms with Crippen LogP contribution in [0.1, 0.15) is 26.4 Å². The Bertz CT molecular complexity index is 1000. The molecular weight excluding hydrogens is 427 g/mol. The van der Waals surface area contributed by atoms with Crippen molar-refractivity contribution >= 4 is 23.2 Å². The first-order valence-electron chi connectivity index (χ1n) is 10.4. The fraction of sp³-hybridized carbons (Fsp3) is 0.280. The van der Waals surface area contributed by atoms with Gasteiger partial charge in [0.15, 0.2) is 0 Å². The topological polar surface area (TPSA) is 49.9 Å². The summed E-state index contributed by atoms with van der Waals surface area (Å²) < 4.78 is 18.5. The lowest BCUT2D eigenvalue weighted by molar-refractivity contribution is -0.133. The van der Waals surface area contributed by atoms with Gasteiger partial charge in [0.2, 0.25) is 5.91 Å². The minimum atomic E-state index is -0.320. The van der Waals surface area contributed by atoms with Gasteiger partial charge >= 0.3 is 0 Å². The maximum atomic E-state index is 13.3. The summed E-state index contributed by atoms with van der Waals surface area (Å²) in [6.07, 6.45) is 0. The molecule has 0 unspecified atom stereocenters. The molecule has 3 aromatic rings. The molecule has 1 aromatic heterocycles. The Hall–Kier alpha value is -3.03. The lowest BCUT2D eigenvalue weighted by Crippen LogP contribution is -2.43. The molecule has 0 saturated heterocycles. The van der Waals surface area contributed by atoms with Crippen molar-refractivity contribution in [3.8, 4) is 0 Å². The van der Waals surface area contributed by atoms with Crippen LogP contribution in [0, 0.1) is 12.7 Å². The summed E-state index contributed by atoms with van der Waals surface area (Å²) in [5.41, 5.74) is 2.41. The Balaban J connectivity index is 1.78. The zero-order chi connectivity index (χ0) is 22.9. The smallest absolute Gasteiger partial charge is 0.254 e. The number of aryl methyl sites for hydroxylation is 1. The maximum Gasteiger partial charge on any atom is 0.254 e. The quantitative estimate of drug-likeness (QED) is 0.453. The summed E-state index contributed by atoms with van der Waals surface area (Å²) in [5, 5.41) is 1.96. The van der Waals surface area contributed by atoms with Crippen molar-refractivity contribution in [2.45, 2.75) is 20.0 Å². The number of halogens is 1. The van der Waals surface area contributed by atoms with Crippen LogP contribution >= 0.6 is 11.3 Å². The molecule has 5 nitrogen and oxygen atoms in total. The molecular formula is C25H27FN2O3S. The molecule has 7 heteroatoms. The molecule has 0 atom stereocenters. The number of methoxy groups -OCH3 is 1. The molecule has 1 heterocycles. The van der Waals surface area contributed by atoms with Crippen molar-refractivity contribution in [3.05, 3.63) is 93.4 Å². The number of amides is 2. The highest BCUT2D eigenvalue weighted by Crippen LogP contribution is 2.16. The Morgan fingerprint density at radius 2 is 1.69 bits per heavy atom. The molecule has 3 rings (SSSR count). The summed E-state index contributed by atoms with van der Waals surface area (Å²) in [7, 11) is 1.56. The molecule has 0 bridgehead atoms. The van der Waals surface area contributed by atoms with Gasteiger partial charge in [0.25, 0.3) is 5.91 Å². The minimum Gasteiger partial charge on any atom is -0.383 e. The van der Waals surface area contributed by atoms with Gasteiger partial charge in [0.05, 0.1) is 13.2 Å². The van der Waals surface area contributed by atoms with Crippen LogP contribution in [0.25, 0.3) is 0 Å². The molecule has 168 valence electrons. The van der Waals surface area contributed by atoms with Gasteiger partial charge in [-0.05, 0) is 48.2 Å². The molecule has 32 heavy (non-hydrogen) atoms. The molecule has 0 radical (unpaired) electrons. The highest BCUT2D eigenvalue weighted by molar-refractivity contribution is 7.09. The van der Waals surface area contributed by atoms with E-state index in [1.54, 1.807) is 47.6 Å². The van der Waals surface area contributed by atoms with E-state index in [9.17, 15) is 14.0 Å². The summed E-state index contributed by atoms with van der Waals surface area (Å²) in [4.78, 5) is 30.7. The number of ether oxygens (including phenoxy) is 1. The Kier molecular flexibility index (Phi) is 8.53. The highest BCUT2D eigenvalue weighted by atomic mass is 32.1. The fourth-order valence-electron chi connectivity index (χ4n) is 3.23. The van der Waals surface area contributed by atoms with Crippen LogP contribution in [0.2, 0.25) is 0 Å². The van der Waals surface area contributed by atoms with E-state index in [2.05, 4.69) is 0 Å². The number of hydrogen-bond acceptors (Lipinski definition) is 4. The molecule has 0 aliphatic carbocycles. The molecule has 0 fully saturated rings. The van der Waals surface area contributed by atoms with E-state index >= 15 is 0 Å². The molecule has 0 aliphatic heterocycles. The zero-order valence-corrected chi connectivity index (χ0v) is 19.1. The minimum absolute atomic E-state index is 0.0668. The lowest BCUT2D eigenvalue weighted by atomic mass is 10.1. The average Bonchev–Trinajstić information content (AvgIpc) is 3.30. The Morgan fingerprint density at radius 3 is 2.31 bits per heavy atom. The first-order valence-corrected chi connectivity index (χ1v) is 11.2. The van der Waals surface area contributed by atoms with E-state index in [0.717, 1.165) is 16.0 Å². The van der Waals surface area contributed by atoms with Crippen LogP contribution in [-0.2, 0) is 22.6 Å². The molecule has 0 saturated carbocycles. The zero-order valence-electron chi connectivity index (χ0n) is 18.3. The number of carbonyl (C=O) groups is 2. The van der Waals surface area contributed by atoms with Crippen molar-refractivity contribution in [2.75, 3.05) is 26.8 Å². The van der Waals surface area contributed by atoms with Crippen molar-refractivity contribution in [3.63, 3.8) is 0 Å². The third-order valence-electron chi connectivity index (χ3n) is 5.04. The van der Waals surface area contributed by atoms with Gasteiger partial charge in [-0.1, -0.05) is 35.9 Å². The van der Waals surface area contributed by atoms with Crippen LogP contribution < -0.4 is 0 Å². The normalized spacial score (nSPS) is 10.7. The van der Waals surface area contributed by atoms with Crippen LogP contribution in [-0.4, -0.2) is 48.4 Å². The second kappa shape index (κ2) is 11.5. The summed E-state index contributed by atoms with van der Waals surface area (Å²) in [5.74, 6) is -0.716. The van der Waals surface area contributed by atoms with Crippen molar-refractivity contribution in [2.24, 2.45) is 0 Å². The number of thiophene rings is 1. The van der Waals surface area contributed by atoms with E-state index in [4.69, 9.17) is 4.74 Å². The Labute approximate surface area is 192 Å². The summed E-state index contributed by atoms with van der Waals surface area (Å²) in [6, 6.07) is 17.3. The van der Waals surface area contributed by atoms with E-state index < -0.39 is 0 Å². The largest absolute Gasteiger partial charge is 0.383 e. The molecule has 0 aliphatic rings. The van der Waals surface area contributed by atoms with E-state index in [-0.39, 0.29) is 24.2 Å². The number of carbonyl (C=O) groups excluding carboxylic acids is 2.